The minimum Gasteiger partial charge on any atom is -0.507 e. The molecule has 1 aromatic rings. The Morgan fingerprint density at radius 3 is 1.82 bits per heavy atom. The lowest BCUT2D eigenvalue weighted by molar-refractivity contribution is -0.163. The van der Waals surface area contributed by atoms with E-state index in [1.54, 1.807) is 0 Å². The van der Waals surface area contributed by atoms with Crippen LogP contribution in [0.3, 0.4) is 0 Å². The number of rotatable bonds is 1. The fourth-order valence-corrected chi connectivity index (χ4v) is 1.30. The molecule has 0 bridgehead atoms. The molecule has 0 aliphatic rings. The molecule has 96 valence electrons. The molecule has 8 heteroatoms. The third kappa shape index (κ3) is 2.82. The Morgan fingerprint density at radius 1 is 0.941 bits per heavy atom. The topological polar surface area (TPSA) is 40.5 Å². The molecule has 0 saturated heterocycles. The molecule has 1 rings (SSSR count). The first-order valence-electron chi connectivity index (χ1n) is 4.18. The Morgan fingerprint density at radius 2 is 1.47 bits per heavy atom. The normalized spacial score (nSPS) is 12.9. The summed E-state index contributed by atoms with van der Waals surface area (Å²) in [6.07, 6.45) is -10.6. The molecule has 17 heavy (non-hydrogen) atoms. The molecule has 2 nitrogen and oxygen atoms in total. The van der Waals surface area contributed by atoms with Gasteiger partial charge in [-0.05, 0) is 17.7 Å². The second-order valence-electron chi connectivity index (χ2n) is 3.19. The van der Waals surface area contributed by atoms with Gasteiger partial charge in [0.1, 0.15) is 11.3 Å². The molecular weight excluding hydrogens is 254 g/mol. The molecule has 0 aliphatic carbocycles. The molecule has 0 amide bonds. The Labute approximate surface area is 91.1 Å². The Kier molecular flexibility index (Phi) is 3.28. The van der Waals surface area contributed by atoms with Crippen LogP contribution in [-0.4, -0.2) is 10.2 Å². The zero-order chi connectivity index (χ0) is 13.4. The lowest BCUT2D eigenvalue weighted by atomic mass is 10.0. The van der Waals surface area contributed by atoms with Crippen molar-refractivity contribution in [2.24, 2.45) is 0 Å². The lowest BCUT2D eigenvalue weighted by Crippen LogP contribution is -2.17. The van der Waals surface area contributed by atoms with Crippen molar-refractivity contribution in [2.75, 3.05) is 0 Å². The summed E-state index contributed by atoms with van der Waals surface area (Å²) in [5.74, 6) is -1.56. The Bertz CT molecular complexity index is 421. The minimum absolute atomic E-state index is 0.155. The fourth-order valence-electron chi connectivity index (χ4n) is 1.30. The molecule has 0 unspecified atom stereocenters. The van der Waals surface area contributed by atoms with Crippen LogP contribution in [0.25, 0.3) is 0 Å². The second-order valence-corrected chi connectivity index (χ2v) is 3.19. The molecule has 0 fully saturated rings. The van der Waals surface area contributed by atoms with E-state index in [1.807, 2.05) is 0 Å². The molecule has 0 heterocycles. The molecular formula is C9H6F6O2. The average molecular weight is 260 g/mol. The minimum atomic E-state index is -5.33. The highest BCUT2D eigenvalue weighted by atomic mass is 19.4. The van der Waals surface area contributed by atoms with E-state index in [-0.39, 0.29) is 6.07 Å². The molecule has 0 aromatic heterocycles. The fraction of sp³-hybridized carbons (Fsp3) is 0.333. The zero-order valence-electron chi connectivity index (χ0n) is 8.02. The number of alkyl halides is 6. The summed E-state index contributed by atoms with van der Waals surface area (Å²) >= 11 is 0. The second kappa shape index (κ2) is 4.10. The van der Waals surface area contributed by atoms with Gasteiger partial charge in [-0.1, -0.05) is 0 Å². The summed E-state index contributed by atoms with van der Waals surface area (Å²) in [6, 6.07) is 0.598. The van der Waals surface area contributed by atoms with Crippen LogP contribution >= 0.6 is 0 Å². The van der Waals surface area contributed by atoms with Gasteiger partial charge >= 0.3 is 12.4 Å². The first-order valence-corrected chi connectivity index (χ1v) is 4.18. The molecule has 0 atom stereocenters. The highest BCUT2D eigenvalue weighted by Crippen LogP contribution is 2.45. The summed E-state index contributed by atoms with van der Waals surface area (Å²) in [4.78, 5) is 0. The highest BCUT2D eigenvalue weighted by Gasteiger charge is 2.45. The number of phenolic OH excluding ortho intramolecular Hbond substituents is 1. The van der Waals surface area contributed by atoms with Crippen LogP contribution in [0.2, 0.25) is 0 Å². The van der Waals surface area contributed by atoms with Gasteiger partial charge in [-0.2, -0.15) is 26.3 Å². The highest BCUT2D eigenvalue weighted by molar-refractivity contribution is 5.46. The monoisotopic (exact) mass is 260 g/mol. The number of hydrogen-bond donors (Lipinski definition) is 2. The number of hydrogen-bond acceptors (Lipinski definition) is 2. The van der Waals surface area contributed by atoms with E-state index in [4.69, 9.17) is 10.2 Å². The summed E-state index contributed by atoms with van der Waals surface area (Å²) in [6.45, 7) is -0.908. The van der Waals surface area contributed by atoms with E-state index < -0.39 is 41.4 Å². The van der Waals surface area contributed by atoms with E-state index >= 15 is 0 Å². The average Bonchev–Trinajstić information content (AvgIpc) is 2.12. The van der Waals surface area contributed by atoms with Gasteiger partial charge in [0.25, 0.3) is 0 Å². The largest absolute Gasteiger partial charge is 0.507 e. The first-order chi connectivity index (χ1) is 7.57. The summed E-state index contributed by atoms with van der Waals surface area (Å²) in [7, 11) is 0. The van der Waals surface area contributed by atoms with E-state index in [2.05, 4.69) is 0 Å². The summed E-state index contributed by atoms with van der Waals surface area (Å²) in [5.41, 5.74) is -4.63. The molecule has 0 aliphatic heterocycles. The standard InChI is InChI=1S/C9H6F6O2/c10-8(11,12)5-1-4(3-16)2-6(17)7(5)9(13,14)15/h1-2,16-17H,3H2. The number of halogens is 6. The van der Waals surface area contributed by atoms with Crippen LogP contribution in [-0.2, 0) is 19.0 Å². The van der Waals surface area contributed by atoms with Gasteiger partial charge in [-0.15, -0.1) is 0 Å². The maximum Gasteiger partial charge on any atom is 0.420 e. The van der Waals surface area contributed by atoms with Crippen LogP contribution in [0.5, 0.6) is 5.75 Å². The maximum absolute atomic E-state index is 12.4. The van der Waals surface area contributed by atoms with Crippen molar-refractivity contribution < 1.29 is 36.6 Å². The van der Waals surface area contributed by atoms with E-state index in [9.17, 15) is 26.3 Å². The van der Waals surface area contributed by atoms with Crippen molar-refractivity contribution in [1.29, 1.82) is 0 Å². The van der Waals surface area contributed by atoms with Gasteiger partial charge in [0, 0.05) is 0 Å². The molecule has 0 spiro atoms. The van der Waals surface area contributed by atoms with Crippen molar-refractivity contribution in [3.05, 3.63) is 28.8 Å². The van der Waals surface area contributed by atoms with Crippen LogP contribution in [0.1, 0.15) is 16.7 Å². The van der Waals surface area contributed by atoms with Crippen molar-refractivity contribution in [2.45, 2.75) is 19.0 Å². The summed E-state index contributed by atoms with van der Waals surface area (Å²) in [5, 5.41) is 17.6. The Hall–Kier alpha value is -1.44. The predicted molar refractivity (Wildman–Crippen MR) is 44.0 cm³/mol. The van der Waals surface area contributed by atoms with Crippen LogP contribution in [0, 0.1) is 0 Å². The third-order valence-corrected chi connectivity index (χ3v) is 1.95. The van der Waals surface area contributed by atoms with Gasteiger partial charge in [0.15, 0.2) is 0 Å². The number of benzene rings is 1. The SMILES string of the molecule is OCc1cc(O)c(C(F)(F)F)c(C(F)(F)F)c1. The molecule has 0 radical (unpaired) electrons. The molecule has 1 aromatic carbocycles. The Balaban J connectivity index is 3.58. The van der Waals surface area contributed by atoms with Crippen LogP contribution < -0.4 is 0 Å². The first kappa shape index (κ1) is 13.6. The van der Waals surface area contributed by atoms with Gasteiger partial charge in [0.05, 0.1) is 12.2 Å². The number of phenols is 1. The number of aliphatic hydroxyl groups is 1. The van der Waals surface area contributed by atoms with E-state index in [0.717, 1.165) is 0 Å². The van der Waals surface area contributed by atoms with Crippen LogP contribution in [0.4, 0.5) is 26.3 Å². The lowest BCUT2D eigenvalue weighted by Gasteiger charge is -2.17. The molecule has 2 N–H and O–H groups in total. The number of aromatic hydroxyl groups is 1. The third-order valence-electron chi connectivity index (χ3n) is 1.95. The zero-order valence-corrected chi connectivity index (χ0v) is 8.02. The van der Waals surface area contributed by atoms with E-state index in [0.29, 0.717) is 6.07 Å². The van der Waals surface area contributed by atoms with Crippen molar-refractivity contribution in [3.8, 4) is 5.75 Å². The molecule has 0 saturated carbocycles. The van der Waals surface area contributed by atoms with Gasteiger partial charge < -0.3 is 10.2 Å². The van der Waals surface area contributed by atoms with Crippen molar-refractivity contribution in [3.63, 3.8) is 0 Å². The van der Waals surface area contributed by atoms with Crippen molar-refractivity contribution >= 4 is 0 Å². The van der Waals surface area contributed by atoms with Gasteiger partial charge in [-0.3, -0.25) is 0 Å². The smallest absolute Gasteiger partial charge is 0.420 e. The van der Waals surface area contributed by atoms with Crippen LogP contribution in [0.15, 0.2) is 12.1 Å². The number of aliphatic hydroxyl groups excluding tert-OH is 1. The quantitative estimate of drug-likeness (QED) is 0.762. The summed E-state index contributed by atoms with van der Waals surface area (Å²) < 4.78 is 74.2. The van der Waals surface area contributed by atoms with Gasteiger partial charge in [-0.25, -0.2) is 0 Å². The predicted octanol–water partition coefficient (Wildman–Crippen LogP) is 2.92. The van der Waals surface area contributed by atoms with Crippen molar-refractivity contribution in [1.82, 2.24) is 0 Å². The van der Waals surface area contributed by atoms with Gasteiger partial charge in [0.2, 0.25) is 0 Å². The maximum atomic E-state index is 12.4. The van der Waals surface area contributed by atoms with E-state index in [1.165, 1.54) is 0 Å².